The Balaban J connectivity index is 1.60. The Morgan fingerprint density at radius 3 is 2.28 bits per heavy atom. The van der Waals surface area contributed by atoms with Crippen molar-refractivity contribution < 1.29 is 23.8 Å². The van der Waals surface area contributed by atoms with Crippen molar-refractivity contribution in [3.05, 3.63) is 127 Å². The molecule has 0 spiro atoms. The van der Waals surface area contributed by atoms with Gasteiger partial charge in [-0.15, -0.1) is 0 Å². The van der Waals surface area contributed by atoms with E-state index < -0.39 is 18.0 Å². The van der Waals surface area contributed by atoms with Crippen LogP contribution in [-0.4, -0.2) is 30.7 Å². The first kappa shape index (κ1) is 25.9. The molecule has 1 aliphatic heterocycles. The number of fused-ring (bicyclic) bond motifs is 1. The van der Waals surface area contributed by atoms with Crippen LogP contribution in [0.1, 0.15) is 34.5 Å². The van der Waals surface area contributed by atoms with E-state index in [1.54, 1.807) is 37.3 Å². The molecule has 9 heteroatoms. The van der Waals surface area contributed by atoms with E-state index in [0.717, 1.165) is 5.56 Å². The van der Waals surface area contributed by atoms with Crippen LogP contribution in [-0.2, 0) is 14.3 Å². The zero-order valence-corrected chi connectivity index (χ0v) is 22.2. The molecular formula is C30H24N2O6S. The molecule has 39 heavy (non-hydrogen) atoms. The van der Waals surface area contributed by atoms with Crippen LogP contribution in [0.5, 0.6) is 11.5 Å². The summed E-state index contributed by atoms with van der Waals surface area (Å²) in [6.07, 6.45) is 1.77. The molecule has 2 heterocycles. The summed E-state index contributed by atoms with van der Waals surface area (Å²) in [6, 6.07) is 22.7. The molecule has 1 atom stereocenters. The van der Waals surface area contributed by atoms with Crippen molar-refractivity contribution in [2.24, 2.45) is 4.99 Å². The minimum Gasteiger partial charge on any atom is -0.466 e. The van der Waals surface area contributed by atoms with Crippen LogP contribution in [0.4, 0.5) is 0 Å². The number of benzene rings is 3. The molecule has 0 radical (unpaired) electrons. The minimum absolute atomic E-state index is 0.250. The Labute approximate surface area is 227 Å². The van der Waals surface area contributed by atoms with E-state index in [1.807, 2.05) is 54.6 Å². The monoisotopic (exact) mass is 540 g/mol. The zero-order chi connectivity index (χ0) is 27.5. The number of carbonyl (C=O) groups is 2. The Hall–Kier alpha value is -4.76. The summed E-state index contributed by atoms with van der Waals surface area (Å²) >= 11 is 1.23. The van der Waals surface area contributed by atoms with Crippen LogP contribution in [0, 0.1) is 0 Å². The van der Waals surface area contributed by atoms with Gasteiger partial charge in [0, 0.05) is 0 Å². The molecule has 0 aliphatic carbocycles. The lowest BCUT2D eigenvalue weighted by Crippen LogP contribution is -2.39. The number of aromatic nitrogens is 1. The van der Waals surface area contributed by atoms with Crippen molar-refractivity contribution in [3.8, 4) is 11.5 Å². The molecule has 0 saturated heterocycles. The van der Waals surface area contributed by atoms with Crippen molar-refractivity contribution in [1.82, 2.24) is 4.57 Å². The summed E-state index contributed by atoms with van der Waals surface area (Å²) < 4.78 is 17.7. The average Bonchev–Trinajstić information content (AvgIpc) is 3.26. The van der Waals surface area contributed by atoms with E-state index in [0.29, 0.717) is 37.7 Å². The van der Waals surface area contributed by atoms with Crippen molar-refractivity contribution in [3.63, 3.8) is 0 Å². The molecule has 0 fully saturated rings. The van der Waals surface area contributed by atoms with Crippen LogP contribution >= 0.6 is 11.3 Å². The topological polar surface area (TPSA) is 96.2 Å². The van der Waals surface area contributed by atoms with E-state index in [-0.39, 0.29) is 11.1 Å². The van der Waals surface area contributed by atoms with Gasteiger partial charge in [0.05, 0.1) is 41.6 Å². The van der Waals surface area contributed by atoms with Crippen molar-refractivity contribution in [2.45, 2.75) is 13.0 Å². The second kappa shape index (κ2) is 10.9. The van der Waals surface area contributed by atoms with E-state index in [9.17, 15) is 14.4 Å². The van der Waals surface area contributed by atoms with Gasteiger partial charge in [0.25, 0.3) is 5.56 Å². The molecule has 1 aromatic heterocycles. The van der Waals surface area contributed by atoms with Crippen LogP contribution < -0.4 is 19.6 Å². The minimum atomic E-state index is -0.782. The summed E-state index contributed by atoms with van der Waals surface area (Å²) in [5, 5.41) is 0. The maximum atomic E-state index is 13.8. The maximum absolute atomic E-state index is 13.8. The van der Waals surface area contributed by atoms with Gasteiger partial charge in [-0.25, -0.2) is 14.6 Å². The Morgan fingerprint density at radius 2 is 1.59 bits per heavy atom. The summed E-state index contributed by atoms with van der Waals surface area (Å²) in [4.78, 5) is 43.6. The fourth-order valence-electron chi connectivity index (χ4n) is 4.37. The second-order valence-corrected chi connectivity index (χ2v) is 9.68. The van der Waals surface area contributed by atoms with Gasteiger partial charge in [0.2, 0.25) is 0 Å². The molecule has 196 valence electrons. The largest absolute Gasteiger partial charge is 0.466 e. The molecule has 0 N–H and O–H groups in total. The number of methoxy groups -OCH3 is 2. The summed E-state index contributed by atoms with van der Waals surface area (Å²) in [7, 11) is 2.59. The normalized spacial score (nSPS) is 14.8. The van der Waals surface area contributed by atoms with Crippen LogP contribution in [0.3, 0.4) is 0 Å². The highest BCUT2D eigenvalue weighted by atomic mass is 32.1. The smallest absolute Gasteiger partial charge is 0.338 e. The Kier molecular flexibility index (Phi) is 7.25. The van der Waals surface area contributed by atoms with Gasteiger partial charge < -0.3 is 14.2 Å². The molecule has 3 aromatic carbocycles. The third-order valence-corrected chi connectivity index (χ3v) is 7.19. The number of esters is 2. The lowest BCUT2D eigenvalue weighted by Gasteiger charge is -2.24. The molecule has 1 unspecified atom stereocenters. The van der Waals surface area contributed by atoms with E-state index >= 15 is 0 Å². The second-order valence-electron chi connectivity index (χ2n) is 8.67. The van der Waals surface area contributed by atoms with Crippen LogP contribution in [0.2, 0.25) is 0 Å². The van der Waals surface area contributed by atoms with E-state index in [1.165, 1.54) is 30.1 Å². The number of hydrogen-bond acceptors (Lipinski definition) is 8. The molecule has 0 amide bonds. The van der Waals surface area contributed by atoms with Crippen molar-refractivity contribution in [1.29, 1.82) is 0 Å². The van der Waals surface area contributed by atoms with E-state index in [4.69, 9.17) is 14.2 Å². The van der Waals surface area contributed by atoms with Crippen molar-refractivity contribution in [2.75, 3.05) is 14.2 Å². The molecule has 4 aromatic rings. The molecule has 0 bridgehead atoms. The molecular weight excluding hydrogens is 516 g/mol. The number of carbonyl (C=O) groups excluding carboxylic acids is 2. The third kappa shape index (κ3) is 5.17. The van der Waals surface area contributed by atoms with Gasteiger partial charge in [-0.3, -0.25) is 9.36 Å². The lowest BCUT2D eigenvalue weighted by molar-refractivity contribution is -0.136. The quantitative estimate of drug-likeness (QED) is 0.343. The fraction of sp³-hybridized carbons (Fsp3) is 0.133. The molecule has 0 saturated carbocycles. The van der Waals surface area contributed by atoms with Crippen LogP contribution in [0.15, 0.2) is 99.9 Å². The summed E-state index contributed by atoms with van der Waals surface area (Å²) in [6.45, 7) is 1.71. The Morgan fingerprint density at radius 1 is 0.897 bits per heavy atom. The predicted molar refractivity (Wildman–Crippen MR) is 147 cm³/mol. The third-order valence-electron chi connectivity index (χ3n) is 6.21. The first-order valence-corrected chi connectivity index (χ1v) is 12.8. The highest BCUT2D eigenvalue weighted by Gasteiger charge is 2.33. The maximum Gasteiger partial charge on any atom is 0.338 e. The van der Waals surface area contributed by atoms with Crippen molar-refractivity contribution >= 4 is 29.4 Å². The first-order chi connectivity index (χ1) is 18.9. The number of nitrogens with zero attached hydrogens (tertiary/aromatic N) is 2. The van der Waals surface area contributed by atoms with Gasteiger partial charge in [0.15, 0.2) is 4.80 Å². The highest BCUT2D eigenvalue weighted by Crippen LogP contribution is 2.31. The summed E-state index contributed by atoms with van der Waals surface area (Å²) in [5.41, 5.74) is 2.16. The lowest BCUT2D eigenvalue weighted by atomic mass is 9.95. The van der Waals surface area contributed by atoms with E-state index in [2.05, 4.69) is 4.99 Å². The summed E-state index contributed by atoms with van der Waals surface area (Å²) in [5.74, 6) is 0.273. The molecule has 5 rings (SSSR count). The van der Waals surface area contributed by atoms with Gasteiger partial charge in [-0.2, -0.15) is 0 Å². The van der Waals surface area contributed by atoms with Gasteiger partial charge in [-0.05, 0) is 60.5 Å². The van der Waals surface area contributed by atoms with Gasteiger partial charge in [-0.1, -0.05) is 53.8 Å². The van der Waals surface area contributed by atoms with Gasteiger partial charge in [0.1, 0.15) is 11.5 Å². The Bertz CT molecular complexity index is 1770. The SMILES string of the molecule is COC(=O)C1=C(C)N=c2sc(=Cc3cccc(Oc4ccccc4)c3)c(=O)n2C1c1ccc(C(=O)OC)cc1. The highest BCUT2D eigenvalue weighted by molar-refractivity contribution is 7.07. The number of thiazole rings is 1. The standard InChI is InChI=1S/C30H24N2O6S/c1-18-25(29(35)37-3)26(20-12-14-21(15-13-20)28(34)36-2)32-27(33)24(39-30(32)31-18)17-19-8-7-11-23(16-19)38-22-9-5-4-6-10-22/h4-17,26H,1-3H3. The van der Waals surface area contributed by atoms with Crippen LogP contribution in [0.25, 0.3) is 6.08 Å². The number of rotatable bonds is 6. The number of hydrogen-bond donors (Lipinski definition) is 0. The average molecular weight is 541 g/mol. The number of allylic oxidation sites excluding steroid dienone is 1. The van der Waals surface area contributed by atoms with Gasteiger partial charge >= 0.3 is 11.9 Å². The first-order valence-electron chi connectivity index (χ1n) is 12.0. The zero-order valence-electron chi connectivity index (χ0n) is 21.4. The number of ether oxygens (including phenoxy) is 3. The number of para-hydroxylation sites is 1. The fourth-order valence-corrected chi connectivity index (χ4v) is 5.42. The predicted octanol–water partition coefficient (Wildman–Crippen LogP) is 3.99. The molecule has 1 aliphatic rings. The molecule has 8 nitrogen and oxygen atoms in total.